The lowest BCUT2D eigenvalue weighted by atomic mass is 10.0. The van der Waals surface area contributed by atoms with Crippen molar-refractivity contribution in [1.82, 2.24) is 0 Å². The summed E-state index contributed by atoms with van der Waals surface area (Å²) >= 11 is 0. The molecule has 29 heavy (non-hydrogen) atoms. The Bertz CT molecular complexity index is 918. The maximum Gasteiger partial charge on any atom is 0.0708 e. The van der Waals surface area contributed by atoms with E-state index in [0.29, 0.717) is 0 Å². The van der Waals surface area contributed by atoms with Crippen molar-refractivity contribution in [2.45, 2.75) is 48.0 Å². The molecule has 0 bridgehead atoms. The lowest BCUT2D eigenvalue weighted by Crippen LogP contribution is -2.01. The molecule has 0 saturated heterocycles. The maximum absolute atomic E-state index is 5.52. The van der Waals surface area contributed by atoms with Crippen molar-refractivity contribution in [3.8, 4) is 12.3 Å². The Morgan fingerprint density at radius 1 is 1.03 bits per heavy atom. The highest BCUT2D eigenvalue weighted by Gasteiger charge is 2.07. The third-order valence-corrected chi connectivity index (χ3v) is 4.33. The van der Waals surface area contributed by atoms with Crippen LogP contribution in [0.4, 0.5) is 0 Å². The second-order valence-corrected chi connectivity index (χ2v) is 6.70. The van der Waals surface area contributed by atoms with Crippen LogP contribution in [0.2, 0.25) is 0 Å². The molecule has 0 saturated carbocycles. The van der Waals surface area contributed by atoms with Crippen LogP contribution in [0.3, 0.4) is 0 Å². The van der Waals surface area contributed by atoms with Gasteiger partial charge >= 0.3 is 0 Å². The Balaban J connectivity index is 3.64. The van der Waals surface area contributed by atoms with Gasteiger partial charge in [0.25, 0.3) is 0 Å². The maximum atomic E-state index is 5.52. The summed E-state index contributed by atoms with van der Waals surface area (Å²) in [6.45, 7) is 12.3. The number of aliphatic imine (C=N–C) groups is 1. The minimum absolute atomic E-state index is 0.913. The quantitative estimate of drug-likeness (QED) is 0.247. The fourth-order valence-electron chi connectivity index (χ4n) is 2.82. The molecule has 0 radical (unpaired) electrons. The minimum atomic E-state index is 0.913. The summed E-state index contributed by atoms with van der Waals surface area (Å²) in [6, 6.07) is 8.50. The van der Waals surface area contributed by atoms with Gasteiger partial charge in [0.2, 0.25) is 0 Å². The molecule has 0 aliphatic carbocycles. The van der Waals surface area contributed by atoms with Crippen LogP contribution in [-0.4, -0.2) is 5.71 Å². The van der Waals surface area contributed by atoms with Crippen molar-refractivity contribution in [2.24, 2.45) is 4.99 Å². The van der Waals surface area contributed by atoms with Gasteiger partial charge in [-0.2, -0.15) is 0 Å². The van der Waals surface area contributed by atoms with Crippen LogP contribution in [0, 0.1) is 19.3 Å². The fourth-order valence-corrected chi connectivity index (χ4v) is 2.82. The Kier molecular flexibility index (Phi) is 10.8. The molecular formula is C28H33N. The van der Waals surface area contributed by atoms with Crippen LogP contribution < -0.4 is 0 Å². The molecule has 0 aliphatic rings. The van der Waals surface area contributed by atoms with Crippen molar-refractivity contribution in [3.05, 3.63) is 101 Å². The van der Waals surface area contributed by atoms with Gasteiger partial charge in [-0.05, 0) is 75.5 Å². The first-order valence-corrected chi connectivity index (χ1v) is 10.1. The van der Waals surface area contributed by atoms with Crippen molar-refractivity contribution in [2.75, 3.05) is 0 Å². The van der Waals surface area contributed by atoms with Gasteiger partial charge in [0.05, 0.1) is 11.4 Å². The van der Waals surface area contributed by atoms with Crippen molar-refractivity contribution < 1.29 is 0 Å². The van der Waals surface area contributed by atoms with Gasteiger partial charge in [0.1, 0.15) is 0 Å². The normalized spacial score (nSPS) is 14.7. The Labute approximate surface area is 177 Å². The Hall–Kier alpha value is -3.11. The molecule has 1 aromatic rings. The van der Waals surface area contributed by atoms with Crippen LogP contribution in [0.25, 0.3) is 5.70 Å². The van der Waals surface area contributed by atoms with Gasteiger partial charge in [-0.1, -0.05) is 79.1 Å². The molecule has 150 valence electrons. The van der Waals surface area contributed by atoms with E-state index in [0.717, 1.165) is 40.1 Å². The summed E-state index contributed by atoms with van der Waals surface area (Å²) in [4.78, 5) is 5.08. The second kappa shape index (κ2) is 13.1. The highest BCUT2D eigenvalue weighted by Crippen LogP contribution is 2.21. The number of rotatable bonds is 8. The zero-order chi connectivity index (χ0) is 21.6. The average Bonchev–Trinajstić information content (AvgIpc) is 2.71. The highest BCUT2D eigenvalue weighted by molar-refractivity contribution is 6.13. The third kappa shape index (κ3) is 7.80. The van der Waals surface area contributed by atoms with E-state index < -0.39 is 0 Å². The number of allylic oxidation sites excluding steroid dienone is 11. The van der Waals surface area contributed by atoms with Crippen LogP contribution in [0.5, 0.6) is 0 Å². The summed E-state index contributed by atoms with van der Waals surface area (Å²) in [5, 5.41) is 0. The molecule has 1 heteroatoms. The number of terminal acetylenes is 1. The van der Waals surface area contributed by atoms with Gasteiger partial charge in [-0.3, -0.25) is 0 Å². The lowest BCUT2D eigenvalue weighted by Gasteiger charge is -2.10. The van der Waals surface area contributed by atoms with Gasteiger partial charge < -0.3 is 0 Å². The Morgan fingerprint density at radius 2 is 1.66 bits per heavy atom. The largest absolute Gasteiger partial charge is 0.248 e. The molecule has 0 N–H and O–H groups in total. The molecule has 0 atom stereocenters. The van der Waals surface area contributed by atoms with E-state index in [2.05, 4.69) is 75.3 Å². The van der Waals surface area contributed by atoms with E-state index in [4.69, 9.17) is 11.4 Å². The number of nitrogens with zero attached hydrogens (tertiary/aromatic N) is 1. The Morgan fingerprint density at radius 3 is 2.17 bits per heavy atom. The van der Waals surface area contributed by atoms with Gasteiger partial charge in [0, 0.05) is 0 Å². The van der Waals surface area contributed by atoms with E-state index in [-0.39, 0.29) is 0 Å². The SMILES string of the molecule is C#C/C=C(\C=C/C)C(/C)=C/C(=NC(=C/CC)/c1ccc(C)cc1)C(/C=C\C)=C/C. The molecule has 1 nitrogen and oxygen atoms in total. The smallest absolute Gasteiger partial charge is 0.0708 e. The molecule has 0 fully saturated rings. The molecule has 0 aromatic heterocycles. The van der Waals surface area contributed by atoms with Crippen molar-refractivity contribution in [1.29, 1.82) is 0 Å². The van der Waals surface area contributed by atoms with Gasteiger partial charge in [0.15, 0.2) is 0 Å². The van der Waals surface area contributed by atoms with E-state index in [9.17, 15) is 0 Å². The van der Waals surface area contributed by atoms with E-state index in [1.54, 1.807) is 6.08 Å². The topological polar surface area (TPSA) is 12.4 Å². The summed E-state index contributed by atoms with van der Waals surface area (Å²) in [6.07, 6.45) is 22.7. The van der Waals surface area contributed by atoms with Crippen LogP contribution in [0.1, 0.15) is 52.2 Å². The predicted octanol–water partition coefficient (Wildman–Crippen LogP) is 7.79. The van der Waals surface area contributed by atoms with Gasteiger partial charge in [-0.25, -0.2) is 4.99 Å². The van der Waals surface area contributed by atoms with Crippen LogP contribution >= 0.6 is 0 Å². The van der Waals surface area contributed by atoms with E-state index in [1.807, 2.05) is 39.0 Å². The monoisotopic (exact) mass is 383 g/mol. The second-order valence-electron chi connectivity index (χ2n) is 6.70. The highest BCUT2D eigenvalue weighted by atomic mass is 14.8. The summed E-state index contributed by atoms with van der Waals surface area (Å²) in [7, 11) is 0. The first-order valence-electron chi connectivity index (χ1n) is 10.1. The molecule has 0 heterocycles. The zero-order valence-corrected chi connectivity index (χ0v) is 18.7. The summed E-state index contributed by atoms with van der Waals surface area (Å²) in [5.41, 5.74) is 7.40. The third-order valence-electron chi connectivity index (χ3n) is 4.33. The number of hydrogen-bond donors (Lipinski definition) is 0. The molecule has 1 rings (SSSR count). The molecule has 0 aliphatic heterocycles. The summed E-state index contributed by atoms with van der Waals surface area (Å²) in [5.74, 6) is 2.63. The van der Waals surface area contributed by atoms with Crippen LogP contribution in [-0.2, 0) is 0 Å². The van der Waals surface area contributed by atoms with E-state index >= 15 is 0 Å². The van der Waals surface area contributed by atoms with E-state index in [1.165, 1.54) is 5.56 Å². The number of aryl methyl sites for hydroxylation is 1. The molecule has 0 amide bonds. The molecule has 0 unspecified atom stereocenters. The minimum Gasteiger partial charge on any atom is -0.248 e. The fraction of sp³-hybridized carbons (Fsp3) is 0.250. The standard InChI is InChI=1S/C28H33N/c1-8-13-24(12-5)28(21-23(7)25(14-9-2)15-10-3)29-27(16-11-4)26-19-17-22(6)18-20-26/h2,8,10,12-21H,11H2,1,3-7H3/b13-8-,15-10-,23-21+,24-12+,25-14+,27-16+,29-28?. The van der Waals surface area contributed by atoms with Crippen molar-refractivity contribution >= 4 is 11.4 Å². The number of hydrogen-bond acceptors (Lipinski definition) is 1. The number of benzene rings is 1. The predicted molar refractivity (Wildman–Crippen MR) is 131 cm³/mol. The zero-order valence-electron chi connectivity index (χ0n) is 18.7. The molecule has 1 aromatic carbocycles. The summed E-state index contributed by atoms with van der Waals surface area (Å²) < 4.78 is 0. The first-order chi connectivity index (χ1) is 14.0. The van der Waals surface area contributed by atoms with Crippen LogP contribution in [0.15, 0.2) is 94.6 Å². The van der Waals surface area contributed by atoms with Crippen molar-refractivity contribution in [3.63, 3.8) is 0 Å². The molecule has 0 spiro atoms. The molecular weight excluding hydrogens is 350 g/mol. The van der Waals surface area contributed by atoms with Gasteiger partial charge in [-0.15, -0.1) is 6.42 Å². The lowest BCUT2D eigenvalue weighted by molar-refractivity contribution is 1.21. The average molecular weight is 384 g/mol. The first kappa shape index (κ1) is 23.9.